The molecule has 18 heavy (non-hydrogen) atoms. The maximum Gasteiger partial charge on any atom is 0.0303 e. The molecule has 2 N–H and O–H groups in total. The summed E-state index contributed by atoms with van der Waals surface area (Å²) in [5.41, 5.74) is 7.45. The van der Waals surface area contributed by atoms with E-state index in [9.17, 15) is 0 Å². The number of benzene rings is 1. The summed E-state index contributed by atoms with van der Waals surface area (Å²) in [6.45, 7) is 9.99. The summed E-state index contributed by atoms with van der Waals surface area (Å²) in [6, 6.07) is 8.71. The van der Waals surface area contributed by atoms with Gasteiger partial charge in [0.15, 0.2) is 0 Å². The molecule has 0 unspecified atom stereocenters. The summed E-state index contributed by atoms with van der Waals surface area (Å²) in [7, 11) is 0. The van der Waals surface area contributed by atoms with E-state index in [0.29, 0.717) is 0 Å². The predicted molar refractivity (Wildman–Crippen MR) is 82.2 cm³/mol. The molecule has 1 atom stereocenters. The summed E-state index contributed by atoms with van der Waals surface area (Å²) in [5.74, 6) is 1.13. The normalized spacial score (nSPS) is 12.9. The van der Waals surface area contributed by atoms with Gasteiger partial charge in [0.2, 0.25) is 0 Å². The molecule has 0 fully saturated rings. The Morgan fingerprint density at radius 1 is 1.17 bits per heavy atom. The molecular weight excluding hydrogens is 240 g/mol. The zero-order valence-corrected chi connectivity index (χ0v) is 12.7. The third kappa shape index (κ3) is 4.63. The van der Waals surface area contributed by atoms with Crippen LogP contribution < -0.4 is 5.73 Å². The van der Waals surface area contributed by atoms with E-state index >= 15 is 0 Å². The first-order chi connectivity index (χ1) is 8.72. The second-order valence-corrected chi connectivity index (χ2v) is 5.56. The SMILES string of the molecule is CC[C@@H](N)c1ccccc1SCCN(CC)CC. The fourth-order valence-electron chi connectivity index (χ4n) is 1.96. The summed E-state index contributed by atoms with van der Waals surface area (Å²) in [6.07, 6.45) is 0.994. The van der Waals surface area contributed by atoms with Crippen LogP contribution in [-0.4, -0.2) is 30.3 Å². The Morgan fingerprint density at radius 3 is 2.44 bits per heavy atom. The monoisotopic (exact) mass is 266 g/mol. The lowest BCUT2D eigenvalue weighted by molar-refractivity contribution is 0.324. The number of nitrogens with zero attached hydrogens (tertiary/aromatic N) is 1. The Morgan fingerprint density at radius 2 is 1.83 bits per heavy atom. The van der Waals surface area contributed by atoms with Gasteiger partial charge in [-0.25, -0.2) is 0 Å². The number of thioether (sulfide) groups is 1. The average Bonchev–Trinajstić information content (AvgIpc) is 2.43. The Labute approximate surface area is 116 Å². The van der Waals surface area contributed by atoms with Gasteiger partial charge < -0.3 is 10.6 Å². The molecule has 0 radical (unpaired) electrons. The molecule has 0 saturated carbocycles. The van der Waals surface area contributed by atoms with Gasteiger partial charge in [-0.05, 0) is 31.1 Å². The molecule has 0 spiro atoms. The highest BCUT2D eigenvalue weighted by Gasteiger charge is 2.09. The van der Waals surface area contributed by atoms with Crippen LogP contribution in [-0.2, 0) is 0 Å². The lowest BCUT2D eigenvalue weighted by atomic mass is 10.1. The topological polar surface area (TPSA) is 29.3 Å². The van der Waals surface area contributed by atoms with E-state index in [1.165, 1.54) is 10.5 Å². The first-order valence-electron chi connectivity index (χ1n) is 6.92. The van der Waals surface area contributed by atoms with Crippen LogP contribution in [0.5, 0.6) is 0 Å². The lowest BCUT2D eigenvalue weighted by Gasteiger charge is -2.19. The molecule has 0 aliphatic carbocycles. The molecule has 1 aromatic carbocycles. The zero-order valence-electron chi connectivity index (χ0n) is 11.9. The summed E-state index contributed by atoms with van der Waals surface area (Å²) in [4.78, 5) is 3.80. The van der Waals surface area contributed by atoms with Gasteiger partial charge >= 0.3 is 0 Å². The molecule has 2 nitrogen and oxygen atoms in total. The average molecular weight is 266 g/mol. The Kier molecular flexibility index (Phi) is 7.40. The Bertz CT molecular complexity index is 337. The molecule has 0 aliphatic rings. The lowest BCUT2D eigenvalue weighted by Crippen LogP contribution is -2.25. The zero-order chi connectivity index (χ0) is 13.4. The first kappa shape index (κ1) is 15.5. The van der Waals surface area contributed by atoms with Crippen molar-refractivity contribution in [2.75, 3.05) is 25.4 Å². The van der Waals surface area contributed by atoms with Crippen molar-refractivity contribution in [1.29, 1.82) is 0 Å². The minimum atomic E-state index is 0.169. The van der Waals surface area contributed by atoms with Gasteiger partial charge in [0.1, 0.15) is 0 Å². The van der Waals surface area contributed by atoms with Gasteiger partial charge in [0.05, 0.1) is 0 Å². The third-order valence-electron chi connectivity index (χ3n) is 3.32. The van der Waals surface area contributed by atoms with Crippen LogP contribution in [0.25, 0.3) is 0 Å². The van der Waals surface area contributed by atoms with Gasteiger partial charge in [0.25, 0.3) is 0 Å². The smallest absolute Gasteiger partial charge is 0.0303 e. The van der Waals surface area contributed by atoms with Crippen LogP contribution in [0.4, 0.5) is 0 Å². The maximum atomic E-state index is 6.16. The molecule has 0 heterocycles. The molecule has 102 valence electrons. The van der Waals surface area contributed by atoms with E-state index in [1.807, 2.05) is 11.8 Å². The van der Waals surface area contributed by atoms with E-state index in [4.69, 9.17) is 5.73 Å². The standard InChI is InChI=1S/C15H26N2S/c1-4-14(16)13-9-7-8-10-15(13)18-12-11-17(5-2)6-3/h7-10,14H,4-6,11-12,16H2,1-3H3/t14-/m1/s1. The number of hydrogen-bond acceptors (Lipinski definition) is 3. The minimum absolute atomic E-state index is 0.169. The summed E-state index contributed by atoms with van der Waals surface area (Å²) in [5, 5.41) is 0. The van der Waals surface area contributed by atoms with Crippen LogP contribution in [0.15, 0.2) is 29.2 Å². The van der Waals surface area contributed by atoms with E-state index in [1.54, 1.807) is 0 Å². The van der Waals surface area contributed by atoms with Gasteiger partial charge in [-0.2, -0.15) is 0 Å². The van der Waals surface area contributed by atoms with Crippen LogP contribution in [0.3, 0.4) is 0 Å². The predicted octanol–water partition coefficient (Wildman–Crippen LogP) is 3.53. The van der Waals surface area contributed by atoms with E-state index in [0.717, 1.165) is 31.8 Å². The van der Waals surface area contributed by atoms with Gasteiger partial charge in [-0.15, -0.1) is 11.8 Å². The minimum Gasteiger partial charge on any atom is -0.324 e. The summed E-state index contributed by atoms with van der Waals surface area (Å²) < 4.78 is 0. The highest BCUT2D eigenvalue weighted by molar-refractivity contribution is 7.99. The van der Waals surface area contributed by atoms with Crippen molar-refractivity contribution in [3.63, 3.8) is 0 Å². The third-order valence-corrected chi connectivity index (χ3v) is 4.39. The summed E-state index contributed by atoms with van der Waals surface area (Å²) >= 11 is 1.93. The van der Waals surface area contributed by atoms with Crippen LogP contribution in [0.2, 0.25) is 0 Å². The second kappa shape index (κ2) is 8.57. The van der Waals surface area contributed by atoms with E-state index in [-0.39, 0.29) is 6.04 Å². The van der Waals surface area contributed by atoms with Crippen molar-refractivity contribution < 1.29 is 0 Å². The first-order valence-corrected chi connectivity index (χ1v) is 7.91. The molecule has 0 bridgehead atoms. The van der Waals surface area contributed by atoms with Crippen LogP contribution in [0, 0.1) is 0 Å². The van der Waals surface area contributed by atoms with Crippen LogP contribution >= 0.6 is 11.8 Å². The molecule has 0 amide bonds. The van der Waals surface area contributed by atoms with E-state index < -0.39 is 0 Å². The molecule has 0 aliphatic heterocycles. The molecule has 1 rings (SSSR count). The van der Waals surface area contributed by atoms with Crippen molar-refractivity contribution >= 4 is 11.8 Å². The van der Waals surface area contributed by atoms with Gasteiger partial charge in [-0.1, -0.05) is 39.0 Å². The molecule has 0 aromatic heterocycles. The fourth-order valence-corrected chi connectivity index (χ4v) is 3.09. The molecule has 3 heteroatoms. The van der Waals surface area contributed by atoms with Crippen LogP contribution in [0.1, 0.15) is 38.8 Å². The van der Waals surface area contributed by atoms with E-state index in [2.05, 4.69) is 49.9 Å². The Balaban J connectivity index is 2.56. The van der Waals surface area contributed by atoms with Gasteiger partial charge in [-0.3, -0.25) is 0 Å². The Hall–Kier alpha value is -0.510. The fraction of sp³-hybridized carbons (Fsp3) is 0.600. The number of nitrogens with two attached hydrogens (primary N) is 1. The van der Waals surface area contributed by atoms with Crippen molar-refractivity contribution in [3.05, 3.63) is 29.8 Å². The molecule has 1 aromatic rings. The number of rotatable bonds is 8. The van der Waals surface area contributed by atoms with Crippen molar-refractivity contribution in [1.82, 2.24) is 4.90 Å². The molecular formula is C15H26N2S. The quantitative estimate of drug-likeness (QED) is 0.730. The molecule has 0 saturated heterocycles. The maximum absolute atomic E-state index is 6.16. The largest absolute Gasteiger partial charge is 0.324 e. The second-order valence-electron chi connectivity index (χ2n) is 4.43. The van der Waals surface area contributed by atoms with Crippen molar-refractivity contribution in [3.8, 4) is 0 Å². The van der Waals surface area contributed by atoms with Gasteiger partial charge in [0, 0.05) is 23.2 Å². The highest BCUT2D eigenvalue weighted by Crippen LogP contribution is 2.27. The van der Waals surface area contributed by atoms with Crippen molar-refractivity contribution in [2.45, 2.75) is 38.1 Å². The highest BCUT2D eigenvalue weighted by atomic mass is 32.2. The van der Waals surface area contributed by atoms with Crippen molar-refractivity contribution in [2.24, 2.45) is 5.73 Å². The number of hydrogen-bond donors (Lipinski definition) is 1.